The van der Waals surface area contributed by atoms with Crippen molar-refractivity contribution < 1.29 is 14.1 Å². The third-order valence-electron chi connectivity index (χ3n) is 3.26. The molecule has 23 heavy (non-hydrogen) atoms. The van der Waals surface area contributed by atoms with Gasteiger partial charge in [-0.3, -0.25) is 4.79 Å². The number of aromatic nitrogens is 1. The van der Waals surface area contributed by atoms with Crippen LogP contribution in [0.4, 0.5) is 0 Å². The first kappa shape index (κ1) is 19.2. The van der Waals surface area contributed by atoms with E-state index in [0.717, 1.165) is 6.42 Å². The lowest BCUT2D eigenvalue weighted by Gasteiger charge is -2.20. The number of benzene rings is 1. The van der Waals surface area contributed by atoms with Gasteiger partial charge in [0.1, 0.15) is 6.61 Å². The van der Waals surface area contributed by atoms with Crippen molar-refractivity contribution in [3.8, 4) is 0 Å². The zero-order chi connectivity index (χ0) is 15.8. The van der Waals surface area contributed by atoms with Crippen molar-refractivity contribution in [1.82, 2.24) is 10.1 Å². The molecule has 1 amide bonds. The molecule has 0 aliphatic rings. The van der Waals surface area contributed by atoms with E-state index in [1.54, 1.807) is 18.1 Å². The molecule has 1 aromatic carbocycles. The fourth-order valence-electron chi connectivity index (χ4n) is 2.17. The van der Waals surface area contributed by atoms with E-state index in [9.17, 15) is 4.79 Å². The van der Waals surface area contributed by atoms with E-state index < -0.39 is 0 Å². The molecule has 7 heteroatoms. The molecule has 0 atom stereocenters. The Morgan fingerprint density at radius 2 is 2.04 bits per heavy atom. The molecule has 0 unspecified atom stereocenters. The Morgan fingerprint density at radius 1 is 1.30 bits per heavy atom. The van der Waals surface area contributed by atoms with Gasteiger partial charge in [0.15, 0.2) is 11.5 Å². The Morgan fingerprint density at radius 3 is 2.70 bits per heavy atom. The molecule has 2 rings (SSSR count). The number of carbonyl (C=O) groups excluding carboxylic acids is 1. The SMILES string of the molecule is COCc1cc(C(=O)N(CCN)CCc2ccccc2)no1.Cl. The number of halogens is 1. The van der Waals surface area contributed by atoms with E-state index in [1.807, 2.05) is 30.3 Å². The fourth-order valence-corrected chi connectivity index (χ4v) is 2.17. The maximum atomic E-state index is 12.5. The first-order valence-corrected chi connectivity index (χ1v) is 7.22. The summed E-state index contributed by atoms with van der Waals surface area (Å²) in [5.74, 6) is 0.356. The summed E-state index contributed by atoms with van der Waals surface area (Å²) < 4.78 is 10.0. The van der Waals surface area contributed by atoms with Crippen molar-refractivity contribution in [3.05, 3.63) is 53.4 Å². The van der Waals surface area contributed by atoms with Crippen LogP contribution in [-0.2, 0) is 17.8 Å². The van der Waals surface area contributed by atoms with Crippen LogP contribution in [0.3, 0.4) is 0 Å². The molecule has 0 saturated carbocycles. The van der Waals surface area contributed by atoms with Gasteiger partial charge in [-0.1, -0.05) is 35.5 Å². The van der Waals surface area contributed by atoms with Crippen LogP contribution in [-0.4, -0.2) is 42.7 Å². The lowest BCUT2D eigenvalue weighted by atomic mass is 10.1. The number of carbonyl (C=O) groups is 1. The fraction of sp³-hybridized carbons (Fsp3) is 0.375. The third-order valence-corrected chi connectivity index (χ3v) is 3.26. The van der Waals surface area contributed by atoms with Crippen molar-refractivity contribution in [1.29, 1.82) is 0 Å². The quantitative estimate of drug-likeness (QED) is 0.794. The average molecular weight is 340 g/mol. The van der Waals surface area contributed by atoms with Crippen LogP contribution < -0.4 is 5.73 Å². The lowest BCUT2D eigenvalue weighted by Crippen LogP contribution is -2.37. The molecule has 1 heterocycles. The number of hydrogen-bond acceptors (Lipinski definition) is 5. The van der Waals surface area contributed by atoms with Crippen molar-refractivity contribution in [2.24, 2.45) is 5.73 Å². The van der Waals surface area contributed by atoms with Gasteiger partial charge < -0.3 is 19.9 Å². The van der Waals surface area contributed by atoms with Crippen LogP contribution in [0.5, 0.6) is 0 Å². The van der Waals surface area contributed by atoms with Gasteiger partial charge in [0.2, 0.25) is 0 Å². The average Bonchev–Trinajstić information content (AvgIpc) is 3.01. The maximum Gasteiger partial charge on any atom is 0.276 e. The predicted molar refractivity (Wildman–Crippen MR) is 89.6 cm³/mol. The number of hydrogen-bond donors (Lipinski definition) is 1. The highest BCUT2D eigenvalue weighted by atomic mass is 35.5. The van der Waals surface area contributed by atoms with Crippen molar-refractivity contribution in [3.63, 3.8) is 0 Å². The maximum absolute atomic E-state index is 12.5. The standard InChI is InChI=1S/C16H21N3O3.ClH/c1-21-12-14-11-15(18-22-14)16(20)19(10-8-17)9-7-13-5-3-2-4-6-13;/h2-6,11H,7-10,12,17H2,1H3;1H. The highest BCUT2D eigenvalue weighted by Gasteiger charge is 2.19. The highest BCUT2D eigenvalue weighted by molar-refractivity contribution is 5.92. The topological polar surface area (TPSA) is 81.6 Å². The Hall–Kier alpha value is -1.89. The second-order valence-electron chi connectivity index (χ2n) is 4.93. The Labute approximate surface area is 142 Å². The summed E-state index contributed by atoms with van der Waals surface area (Å²) in [6, 6.07) is 11.6. The van der Waals surface area contributed by atoms with Gasteiger partial charge in [-0.05, 0) is 12.0 Å². The molecule has 0 fully saturated rings. The van der Waals surface area contributed by atoms with E-state index in [1.165, 1.54) is 5.56 Å². The molecular formula is C16H22ClN3O3. The lowest BCUT2D eigenvalue weighted by molar-refractivity contribution is 0.0751. The van der Waals surface area contributed by atoms with Gasteiger partial charge in [-0.25, -0.2) is 0 Å². The Kier molecular flexibility index (Phi) is 8.32. The second kappa shape index (κ2) is 9.99. The summed E-state index contributed by atoms with van der Waals surface area (Å²) in [6.07, 6.45) is 0.773. The van der Waals surface area contributed by atoms with Gasteiger partial charge in [0.25, 0.3) is 5.91 Å². The minimum atomic E-state index is -0.174. The zero-order valence-corrected chi connectivity index (χ0v) is 13.9. The number of nitrogens with zero attached hydrogens (tertiary/aromatic N) is 2. The third kappa shape index (κ3) is 5.67. The molecule has 0 bridgehead atoms. The summed E-state index contributed by atoms with van der Waals surface area (Å²) in [6.45, 7) is 1.77. The first-order chi connectivity index (χ1) is 10.7. The molecule has 0 aliphatic heterocycles. The molecule has 2 N–H and O–H groups in total. The second-order valence-corrected chi connectivity index (χ2v) is 4.93. The molecule has 0 spiro atoms. The highest BCUT2D eigenvalue weighted by Crippen LogP contribution is 2.09. The van der Waals surface area contributed by atoms with Crippen LogP contribution in [0, 0.1) is 0 Å². The van der Waals surface area contributed by atoms with Crippen LogP contribution in [0.1, 0.15) is 21.8 Å². The largest absolute Gasteiger partial charge is 0.377 e. The van der Waals surface area contributed by atoms with Crippen molar-refractivity contribution in [2.75, 3.05) is 26.7 Å². The van der Waals surface area contributed by atoms with Gasteiger partial charge in [0, 0.05) is 32.8 Å². The van der Waals surface area contributed by atoms with Gasteiger partial charge in [0.05, 0.1) is 0 Å². The summed E-state index contributed by atoms with van der Waals surface area (Å²) in [5, 5.41) is 3.81. The smallest absolute Gasteiger partial charge is 0.276 e. The summed E-state index contributed by atoms with van der Waals surface area (Å²) in [5.41, 5.74) is 7.07. The molecular weight excluding hydrogens is 318 g/mol. The van der Waals surface area contributed by atoms with E-state index >= 15 is 0 Å². The van der Waals surface area contributed by atoms with E-state index in [4.69, 9.17) is 15.0 Å². The number of methoxy groups -OCH3 is 1. The molecule has 1 aromatic heterocycles. The number of rotatable bonds is 8. The van der Waals surface area contributed by atoms with Crippen molar-refractivity contribution in [2.45, 2.75) is 13.0 Å². The van der Waals surface area contributed by atoms with E-state index in [2.05, 4.69) is 5.16 Å². The molecule has 0 saturated heterocycles. The normalized spacial score (nSPS) is 10.2. The first-order valence-electron chi connectivity index (χ1n) is 7.22. The minimum absolute atomic E-state index is 0. The molecule has 0 aliphatic carbocycles. The number of amides is 1. The van der Waals surface area contributed by atoms with Gasteiger partial charge >= 0.3 is 0 Å². The Bertz CT molecular complexity index is 589. The summed E-state index contributed by atoms with van der Waals surface area (Å²) in [4.78, 5) is 14.2. The summed E-state index contributed by atoms with van der Waals surface area (Å²) >= 11 is 0. The summed E-state index contributed by atoms with van der Waals surface area (Å²) in [7, 11) is 1.56. The van der Waals surface area contributed by atoms with Crippen LogP contribution in [0.15, 0.2) is 40.9 Å². The zero-order valence-electron chi connectivity index (χ0n) is 13.1. The van der Waals surface area contributed by atoms with E-state index in [0.29, 0.717) is 32.0 Å². The molecule has 126 valence electrons. The van der Waals surface area contributed by atoms with Crippen LogP contribution in [0.2, 0.25) is 0 Å². The number of nitrogens with two attached hydrogens (primary N) is 1. The van der Waals surface area contributed by atoms with E-state index in [-0.39, 0.29) is 24.0 Å². The van der Waals surface area contributed by atoms with Crippen LogP contribution in [0.25, 0.3) is 0 Å². The molecule has 6 nitrogen and oxygen atoms in total. The molecule has 0 radical (unpaired) electrons. The van der Waals surface area contributed by atoms with Gasteiger partial charge in [-0.15, -0.1) is 12.4 Å². The van der Waals surface area contributed by atoms with Crippen LogP contribution >= 0.6 is 12.4 Å². The monoisotopic (exact) mass is 339 g/mol. The van der Waals surface area contributed by atoms with Gasteiger partial charge in [-0.2, -0.15) is 0 Å². The predicted octanol–water partition coefficient (Wildman–Crippen LogP) is 1.89. The minimum Gasteiger partial charge on any atom is -0.377 e. The molecule has 2 aromatic rings. The number of ether oxygens (including phenoxy) is 1. The van der Waals surface area contributed by atoms with Crippen molar-refractivity contribution >= 4 is 18.3 Å². The Balaban J connectivity index is 0.00000264.